The van der Waals surface area contributed by atoms with E-state index < -0.39 is 6.43 Å². The van der Waals surface area contributed by atoms with Gasteiger partial charge in [-0.25, -0.2) is 0 Å². The van der Waals surface area contributed by atoms with Gasteiger partial charge >= 0.3 is 6.43 Å². The Morgan fingerprint density at radius 3 is 2.00 bits per heavy atom. The molecule has 0 aliphatic carbocycles. The monoisotopic (exact) mass is 92.0 g/mol. The predicted octanol–water partition coefficient (Wildman–Crippen LogP) is 2.03. The van der Waals surface area contributed by atoms with E-state index in [1.54, 1.807) is 0 Å². The summed E-state index contributed by atoms with van der Waals surface area (Å²) in [6.45, 7) is 3.22. The van der Waals surface area contributed by atoms with Crippen molar-refractivity contribution >= 4 is 0 Å². The summed E-state index contributed by atoms with van der Waals surface area (Å²) >= 11 is 0. The van der Waals surface area contributed by atoms with Gasteiger partial charge in [-0.3, -0.25) is 0 Å². The second-order valence-electron chi connectivity index (χ2n) is 0.942. The maximum absolute atomic E-state index is 10.9. The van der Waals surface area contributed by atoms with Crippen molar-refractivity contribution in [1.82, 2.24) is 0 Å². The van der Waals surface area contributed by atoms with Crippen molar-refractivity contribution in [2.75, 3.05) is 0 Å². The highest BCUT2D eigenvalue weighted by Gasteiger charge is 1.99. The summed E-state index contributed by atoms with van der Waals surface area (Å²) in [5, 5.41) is 0. The molecule has 36 valence electrons. The van der Waals surface area contributed by atoms with Gasteiger partial charge < -0.3 is 0 Å². The fraction of sp³-hybridized carbons (Fsp3) is 0.500. The van der Waals surface area contributed by atoms with E-state index in [-0.39, 0.29) is 6.42 Å². The summed E-state index contributed by atoms with van der Waals surface area (Å²) in [5.41, 5.74) is 0. The van der Waals surface area contributed by atoms with Crippen molar-refractivity contribution < 1.29 is 8.78 Å². The van der Waals surface area contributed by atoms with Crippen molar-refractivity contribution in [3.05, 3.63) is 13.3 Å². The Labute approximate surface area is 36.2 Å². The molecule has 0 nitrogen and oxygen atoms in total. The molecule has 0 spiro atoms. The first-order chi connectivity index (χ1) is 2.77. The Kier molecular flexibility index (Phi) is 2.99. The maximum Gasteiger partial charge on any atom is 0.310 e. The molecule has 0 unspecified atom stereocenters. The van der Waals surface area contributed by atoms with Gasteiger partial charge in [-0.2, -0.15) is 8.78 Å². The lowest BCUT2D eigenvalue weighted by atomic mass is 10.4. The molecule has 0 aromatic rings. The highest BCUT2D eigenvalue weighted by molar-refractivity contribution is 4.58. The van der Waals surface area contributed by atoms with Crippen LogP contribution in [0.4, 0.5) is 8.78 Å². The molecule has 0 fully saturated rings. The minimum absolute atomic E-state index is 0.153. The van der Waals surface area contributed by atoms with Gasteiger partial charge in [0.1, 0.15) is 0 Å². The number of halogens is 2. The lowest BCUT2D eigenvalue weighted by Crippen LogP contribution is -1.73. The first-order valence-corrected chi connectivity index (χ1v) is 1.73. The second-order valence-corrected chi connectivity index (χ2v) is 0.942. The van der Waals surface area contributed by atoms with Gasteiger partial charge in [0.25, 0.3) is 0 Å². The summed E-state index contributed by atoms with van der Waals surface area (Å²) in [4.78, 5) is 0. The number of rotatable bonds is 2. The van der Waals surface area contributed by atoms with Crippen LogP contribution in [0.1, 0.15) is 12.8 Å². The van der Waals surface area contributed by atoms with Gasteiger partial charge in [0.15, 0.2) is 0 Å². The summed E-state index contributed by atoms with van der Waals surface area (Å²) in [6.07, 6.45) is -1.38. The molecule has 2 radical (unpaired) electrons. The summed E-state index contributed by atoms with van der Waals surface area (Å²) in [7, 11) is 0. The van der Waals surface area contributed by atoms with E-state index in [1.807, 2.05) is 0 Å². The zero-order valence-corrected chi connectivity index (χ0v) is 3.38. The van der Waals surface area contributed by atoms with Crippen LogP contribution < -0.4 is 0 Å². The Hall–Kier alpha value is -0.140. The lowest BCUT2D eigenvalue weighted by Gasteiger charge is -1.85. The second kappa shape index (κ2) is 3.07. The van der Waals surface area contributed by atoms with Crippen LogP contribution in [0.5, 0.6) is 0 Å². The van der Waals surface area contributed by atoms with Gasteiger partial charge in [0, 0.05) is 6.42 Å². The first kappa shape index (κ1) is 5.86. The number of hydrogen-bond donors (Lipinski definition) is 0. The van der Waals surface area contributed by atoms with Crippen LogP contribution in [-0.2, 0) is 0 Å². The summed E-state index contributed by atoms with van der Waals surface area (Å²) < 4.78 is 21.8. The average molecular weight is 92.1 g/mol. The molecular weight excluding hydrogens is 86.0 g/mol. The van der Waals surface area contributed by atoms with E-state index >= 15 is 0 Å². The van der Waals surface area contributed by atoms with Crippen LogP contribution in [0.3, 0.4) is 0 Å². The Morgan fingerprint density at radius 2 is 2.00 bits per heavy atom. The molecule has 0 bridgehead atoms. The van der Waals surface area contributed by atoms with Crippen LogP contribution in [0.25, 0.3) is 0 Å². The first-order valence-electron chi connectivity index (χ1n) is 1.73. The quantitative estimate of drug-likeness (QED) is 0.488. The molecule has 0 amide bonds. The van der Waals surface area contributed by atoms with Crippen molar-refractivity contribution in [2.45, 2.75) is 12.8 Å². The van der Waals surface area contributed by atoms with Crippen LogP contribution in [-0.4, -0.2) is 0 Å². The van der Waals surface area contributed by atoms with E-state index in [2.05, 4.69) is 6.92 Å². The summed E-state index contributed by atoms with van der Waals surface area (Å²) in [5.74, 6) is 0. The predicted molar refractivity (Wildman–Crippen MR) is 20.0 cm³/mol. The van der Waals surface area contributed by atoms with Crippen molar-refractivity contribution in [2.24, 2.45) is 0 Å². The van der Waals surface area contributed by atoms with E-state index in [0.717, 1.165) is 0 Å². The molecule has 0 aromatic carbocycles. The molecule has 2 heteroatoms. The van der Waals surface area contributed by atoms with Gasteiger partial charge in [-0.1, -0.05) is 6.92 Å². The third-order valence-electron chi connectivity index (χ3n) is 0.366. The zero-order valence-electron chi connectivity index (χ0n) is 3.38. The van der Waals surface area contributed by atoms with Gasteiger partial charge in [-0.15, -0.1) is 0 Å². The largest absolute Gasteiger partial charge is 0.310 e. The molecule has 0 aliphatic rings. The van der Waals surface area contributed by atoms with Crippen molar-refractivity contribution in [1.29, 1.82) is 0 Å². The molecule has 0 saturated heterocycles. The molecule has 0 aliphatic heterocycles. The molecule has 0 saturated carbocycles. The minimum atomic E-state index is -1.52. The van der Waals surface area contributed by atoms with Crippen molar-refractivity contribution in [3.63, 3.8) is 0 Å². The zero-order chi connectivity index (χ0) is 4.99. The molecule has 0 atom stereocenters. The fourth-order valence-corrected chi connectivity index (χ4v) is 0.134. The Balaban J connectivity index is 2.63. The molecule has 0 N–H and O–H groups in total. The minimum Gasteiger partial charge on any atom is -0.200 e. The lowest BCUT2D eigenvalue weighted by molar-refractivity contribution is 0.271. The van der Waals surface area contributed by atoms with Gasteiger partial charge in [0.2, 0.25) is 0 Å². The molecule has 0 rings (SSSR count). The van der Waals surface area contributed by atoms with E-state index in [1.165, 1.54) is 0 Å². The summed E-state index contributed by atoms with van der Waals surface area (Å²) in [6, 6.07) is 0. The maximum atomic E-state index is 10.9. The van der Waals surface area contributed by atoms with Crippen LogP contribution in [0, 0.1) is 13.3 Å². The normalized spacial score (nSPS) is 10.0. The molecule has 0 heterocycles. The van der Waals surface area contributed by atoms with E-state index in [9.17, 15) is 8.78 Å². The topological polar surface area (TPSA) is 0 Å². The van der Waals surface area contributed by atoms with Crippen LogP contribution in [0.2, 0.25) is 0 Å². The van der Waals surface area contributed by atoms with Crippen LogP contribution >= 0.6 is 0 Å². The SMILES string of the molecule is [CH2]CC[C](F)F. The molecular formula is C4H6F2. The van der Waals surface area contributed by atoms with E-state index in [4.69, 9.17) is 0 Å². The van der Waals surface area contributed by atoms with Crippen LogP contribution in [0.15, 0.2) is 0 Å². The Morgan fingerprint density at radius 1 is 1.50 bits per heavy atom. The van der Waals surface area contributed by atoms with Crippen molar-refractivity contribution in [3.8, 4) is 0 Å². The third-order valence-corrected chi connectivity index (χ3v) is 0.366. The number of hydrogen-bond acceptors (Lipinski definition) is 0. The smallest absolute Gasteiger partial charge is 0.200 e. The van der Waals surface area contributed by atoms with Gasteiger partial charge in [-0.05, 0) is 6.42 Å². The Bertz CT molecular complexity index is 26.7. The van der Waals surface area contributed by atoms with E-state index in [0.29, 0.717) is 6.42 Å². The fourth-order valence-electron chi connectivity index (χ4n) is 0.134. The highest BCUT2D eigenvalue weighted by Crippen LogP contribution is 2.09. The molecule has 0 aromatic heterocycles. The highest BCUT2D eigenvalue weighted by atomic mass is 19.3. The third kappa shape index (κ3) is 3.86. The standard InChI is InChI=1S/C4H6F2/c1-2-3-4(5)6/h1-3H2. The molecule has 6 heavy (non-hydrogen) atoms. The van der Waals surface area contributed by atoms with Gasteiger partial charge in [0.05, 0.1) is 0 Å². The average Bonchev–Trinajstić information content (AvgIpc) is 1.35.